The second-order valence-corrected chi connectivity index (χ2v) is 3.85. The number of carbonyl (C=O) groups is 1. The van der Waals surface area contributed by atoms with Crippen LogP contribution >= 0.6 is 0 Å². The van der Waals surface area contributed by atoms with Crippen molar-refractivity contribution in [3.8, 4) is 5.75 Å². The molecule has 5 heteroatoms. The number of nitrogens with one attached hydrogen (secondary N) is 1. The van der Waals surface area contributed by atoms with Gasteiger partial charge in [0.15, 0.2) is 0 Å². The Hall–Kier alpha value is -2.43. The van der Waals surface area contributed by atoms with Crippen LogP contribution in [-0.4, -0.2) is 20.2 Å². The normalized spacial score (nSPS) is 10.0. The van der Waals surface area contributed by atoms with E-state index in [2.05, 4.69) is 10.1 Å². The average molecular weight is 261 g/mol. The first-order valence-corrected chi connectivity index (χ1v) is 5.77. The summed E-state index contributed by atoms with van der Waals surface area (Å²) in [5, 5.41) is 3.19. The molecule has 0 saturated carbocycles. The predicted molar refractivity (Wildman–Crippen MR) is 70.4 cm³/mol. The molecule has 0 radical (unpaired) electrons. The molecule has 0 fully saturated rings. The number of carbonyl (C=O) groups excluding carboxylic acids is 1. The van der Waals surface area contributed by atoms with Crippen LogP contribution in [0.15, 0.2) is 41.0 Å². The maximum absolute atomic E-state index is 11.4. The number of rotatable bonds is 5. The Balaban J connectivity index is 2.02. The Labute approximate surface area is 111 Å². The van der Waals surface area contributed by atoms with Crippen LogP contribution in [0.3, 0.4) is 0 Å². The third-order valence-corrected chi connectivity index (χ3v) is 2.69. The molecule has 1 aromatic heterocycles. The van der Waals surface area contributed by atoms with Crippen molar-refractivity contribution >= 4 is 11.7 Å². The van der Waals surface area contributed by atoms with Gasteiger partial charge in [-0.15, -0.1) is 0 Å². The van der Waals surface area contributed by atoms with Crippen molar-refractivity contribution in [2.24, 2.45) is 0 Å². The Morgan fingerprint density at radius 2 is 1.95 bits per heavy atom. The van der Waals surface area contributed by atoms with E-state index in [1.165, 1.54) is 13.4 Å². The molecule has 0 atom stereocenters. The van der Waals surface area contributed by atoms with Gasteiger partial charge in [-0.25, -0.2) is 4.79 Å². The highest BCUT2D eigenvalue weighted by Gasteiger charge is 2.15. The zero-order valence-electron chi connectivity index (χ0n) is 10.8. The SMILES string of the molecule is COC(=O)c1occc1CNc1ccc(OC)cc1. The van der Waals surface area contributed by atoms with Crippen molar-refractivity contribution in [1.82, 2.24) is 0 Å². The second-order valence-electron chi connectivity index (χ2n) is 3.85. The standard InChI is InChI=1S/C14H15NO4/c1-17-12-5-3-11(4-6-12)15-9-10-7-8-19-13(10)14(16)18-2/h3-8,15H,9H2,1-2H3. The molecule has 0 aliphatic heterocycles. The van der Waals surface area contributed by atoms with Crippen molar-refractivity contribution in [3.05, 3.63) is 47.9 Å². The summed E-state index contributed by atoms with van der Waals surface area (Å²) in [6.45, 7) is 0.479. The summed E-state index contributed by atoms with van der Waals surface area (Å²) in [5.41, 5.74) is 1.68. The summed E-state index contributed by atoms with van der Waals surface area (Å²) >= 11 is 0. The van der Waals surface area contributed by atoms with E-state index in [1.807, 2.05) is 24.3 Å². The first kappa shape index (κ1) is 13.0. The topological polar surface area (TPSA) is 60.7 Å². The molecule has 0 amide bonds. The third-order valence-electron chi connectivity index (χ3n) is 2.69. The molecule has 0 bridgehead atoms. The first-order chi connectivity index (χ1) is 9.24. The maximum Gasteiger partial charge on any atom is 0.374 e. The van der Waals surface area contributed by atoms with Crippen LogP contribution in [0.5, 0.6) is 5.75 Å². The van der Waals surface area contributed by atoms with E-state index < -0.39 is 5.97 Å². The summed E-state index contributed by atoms with van der Waals surface area (Å²) in [4.78, 5) is 11.4. The van der Waals surface area contributed by atoms with Crippen LogP contribution in [0, 0.1) is 0 Å². The molecule has 0 unspecified atom stereocenters. The molecule has 19 heavy (non-hydrogen) atoms. The van der Waals surface area contributed by atoms with Crippen molar-refractivity contribution in [2.45, 2.75) is 6.54 Å². The first-order valence-electron chi connectivity index (χ1n) is 5.77. The highest BCUT2D eigenvalue weighted by molar-refractivity contribution is 5.87. The lowest BCUT2D eigenvalue weighted by molar-refractivity contribution is 0.0563. The quantitative estimate of drug-likeness (QED) is 0.838. The number of hydrogen-bond donors (Lipinski definition) is 1. The molecule has 1 heterocycles. The van der Waals surface area contributed by atoms with Gasteiger partial charge in [-0.3, -0.25) is 0 Å². The van der Waals surface area contributed by atoms with Crippen LogP contribution in [0.25, 0.3) is 0 Å². The number of ether oxygens (including phenoxy) is 2. The number of anilines is 1. The van der Waals surface area contributed by atoms with Gasteiger partial charge in [0.25, 0.3) is 0 Å². The number of methoxy groups -OCH3 is 2. The van der Waals surface area contributed by atoms with Crippen LogP contribution in [0.2, 0.25) is 0 Å². The summed E-state index contributed by atoms with van der Waals surface area (Å²) < 4.78 is 14.8. The molecule has 0 spiro atoms. The van der Waals surface area contributed by atoms with Gasteiger partial charge in [0.2, 0.25) is 5.76 Å². The minimum absolute atomic E-state index is 0.225. The zero-order chi connectivity index (χ0) is 13.7. The molecule has 1 aromatic carbocycles. The summed E-state index contributed by atoms with van der Waals surface area (Å²) in [6.07, 6.45) is 1.47. The van der Waals surface area contributed by atoms with Crippen LogP contribution in [0.4, 0.5) is 5.69 Å². The highest BCUT2D eigenvalue weighted by atomic mass is 16.5. The fourth-order valence-electron chi connectivity index (χ4n) is 1.65. The van der Waals surface area contributed by atoms with E-state index in [-0.39, 0.29) is 5.76 Å². The number of benzene rings is 1. The van der Waals surface area contributed by atoms with Gasteiger partial charge in [-0.05, 0) is 30.3 Å². The van der Waals surface area contributed by atoms with Gasteiger partial charge in [-0.2, -0.15) is 0 Å². The summed E-state index contributed by atoms with van der Waals surface area (Å²) in [7, 11) is 2.95. The molecule has 5 nitrogen and oxygen atoms in total. The fraction of sp³-hybridized carbons (Fsp3) is 0.214. The lowest BCUT2D eigenvalue weighted by Gasteiger charge is -2.07. The summed E-state index contributed by atoms with van der Waals surface area (Å²) in [6, 6.07) is 9.26. The van der Waals surface area contributed by atoms with E-state index >= 15 is 0 Å². The fourth-order valence-corrected chi connectivity index (χ4v) is 1.65. The molecule has 0 aliphatic carbocycles. The van der Waals surface area contributed by atoms with Crippen LogP contribution < -0.4 is 10.1 Å². The van der Waals surface area contributed by atoms with E-state index in [9.17, 15) is 4.79 Å². The monoisotopic (exact) mass is 261 g/mol. The largest absolute Gasteiger partial charge is 0.497 e. The van der Waals surface area contributed by atoms with E-state index in [4.69, 9.17) is 9.15 Å². The van der Waals surface area contributed by atoms with Crippen molar-refractivity contribution in [1.29, 1.82) is 0 Å². The van der Waals surface area contributed by atoms with Gasteiger partial charge in [-0.1, -0.05) is 0 Å². The molecule has 0 saturated heterocycles. The van der Waals surface area contributed by atoms with Crippen molar-refractivity contribution < 1.29 is 18.7 Å². The van der Waals surface area contributed by atoms with Crippen LogP contribution in [0.1, 0.15) is 16.1 Å². The van der Waals surface area contributed by atoms with E-state index in [1.54, 1.807) is 13.2 Å². The average Bonchev–Trinajstić information content (AvgIpc) is 2.93. The third kappa shape index (κ3) is 3.07. The molecule has 2 rings (SSSR count). The lowest BCUT2D eigenvalue weighted by Crippen LogP contribution is -2.06. The zero-order valence-corrected chi connectivity index (χ0v) is 10.8. The Kier molecular flexibility index (Phi) is 4.07. The van der Waals surface area contributed by atoms with E-state index in [0.717, 1.165) is 17.0 Å². The Bertz CT molecular complexity index is 545. The van der Waals surface area contributed by atoms with Gasteiger partial charge in [0, 0.05) is 17.8 Å². The van der Waals surface area contributed by atoms with E-state index in [0.29, 0.717) is 6.54 Å². The number of hydrogen-bond acceptors (Lipinski definition) is 5. The minimum Gasteiger partial charge on any atom is -0.497 e. The number of esters is 1. The van der Waals surface area contributed by atoms with Crippen LogP contribution in [-0.2, 0) is 11.3 Å². The van der Waals surface area contributed by atoms with Crippen molar-refractivity contribution in [3.63, 3.8) is 0 Å². The lowest BCUT2D eigenvalue weighted by atomic mass is 10.2. The molecular formula is C14H15NO4. The molecule has 100 valence electrons. The van der Waals surface area contributed by atoms with Gasteiger partial charge in [0.1, 0.15) is 5.75 Å². The molecular weight excluding hydrogens is 246 g/mol. The molecule has 2 aromatic rings. The minimum atomic E-state index is -0.475. The summed E-state index contributed by atoms with van der Waals surface area (Å²) in [5.74, 6) is 0.546. The molecule has 0 aliphatic rings. The predicted octanol–water partition coefficient (Wildman–Crippen LogP) is 2.69. The Morgan fingerprint density at radius 1 is 1.21 bits per heavy atom. The number of furan rings is 1. The van der Waals surface area contributed by atoms with Gasteiger partial charge < -0.3 is 19.2 Å². The smallest absolute Gasteiger partial charge is 0.374 e. The van der Waals surface area contributed by atoms with Gasteiger partial charge in [0.05, 0.1) is 20.5 Å². The highest BCUT2D eigenvalue weighted by Crippen LogP contribution is 2.17. The maximum atomic E-state index is 11.4. The van der Waals surface area contributed by atoms with Gasteiger partial charge >= 0.3 is 5.97 Å². The second kappa shape index (κ2) is 5.95. The Morgan fingerprint density at radius 3 is 2.58 bits per heavy atom. The van der Waals surface area contributed by atoms with Crippen molar-refractivity contribution in [2.75, 3.05) is 19.5 Å². The molecule has 1 N–H and O–H groups in total.